The van der Waals surface area contributed by atoms with E-state index in [0.29, 0.717) is 25.2 Å². The smallest absolute Gasteiger partial charge is 0.303 e. The molecule has 122 valence electrons. The van der Waals surface area contributed by atoms with E-state index in [1.807, 2.05) is 4.90 Å². The Morgan fingerprint density at radius 2 is 1.67 bits per heavy atom. The third-order valence-electron chi connectivity index (χ3n) is 4.41. The van der Waals surface area contributed by atoms with Gasteiger partial charge in [-0.3, -0.25) is 9.59 Å². The van der Waals surface area contributed by atoms with Crippen LogP contribution in [0.15, 0.2) is 0 Å². The van der Waals surface area contributed by atoms with Crippen LogP contribution in [0.3, 0.4) is 0 Å². The number of rotatable bonds is 9. The molecular weight excluding hydrogens is 268 g/mol. The first kappa shape index (κ1) is 18.0. The Balaban J connectivity index is 2.19. The number of hydrogen-bond donors (Lipinski definition) is 1. The molecule has 1 N–H and O–H groups in total. The fourth-order valence-corrected chi connectivity index (χ4v) is 2.92. The minimum atomic E-state index is -0.778. The number of aliphatic carboxylic acids is 1. The molecule has 0 atom stereocenters. The van der Waals surface area contributed by atoms with E-state index in [0.717, 1.165) is 45.6 Å². The average molecular weight is 298 g/mol. The van der Waals surface area contributed by atoms with Gasteiger partial charge in [-0.1, -0.05) is 13.8 Å². The van der Waals surface area contributed by atoms with Crippen LogP contribution in [0.2, 0.25) is 0 Å². The van der Waals surface area contributed by atoms with Gasteiger partial charge < -0.3 is 14.9 Å². The lowest BCUT2D eigenvalue weighted by Crippen LogP contribution is -2.41. The molecule has 1 aliphatic heterocycles. The van der Waals surface area contributed by atoms with Crippen molar-refractivity contribution in [2.24, 2.45) is 5.92 Å². The standard InChI is InChI=1S/C16H30N2O3/c1-3-17(4-2)13-14-9-11-18(12-10-14)15(19)7-5-6-8-16(20)21/h14H,3-13H2,1-2H3,(H,20,21). The number of carboxylic acid groups (broad SMARTS) is 1. The Labute approximate surface area is 128 Å². The predicted octanol–water partition coefficient (Wildman–Crippen LogP) is 2.21. The highest BCUT2D eigenvalue weighted by Gasteiger charge is 2.23. The average Bonchev–Trinajstić information content (AvgIpc) is 2.49. The van der Waals surface area contributed by atoms with Crippen molar-refractivity contribution < 1.29 is 14.7 Å². The number of nitrogens with zero attached hydrogens (tertiary/aromatic N) is 2. The molecule has 1 aliphatic rings. The number of hydrogen-bond acceptors (Lipinski definition) is 3. The van der Waals surface area contributed by atoms with E-state index in [4.69, 9.17) is 5.11 Å². The summed E-state index contributed by atoms with van der Waals surface area (Å²) in [5, 5.41) is 8.57. The van der Waals surface area contributed by atoms with Crippen LogP contribution in [-0.4, -0.2) is 59.5 Å². The lowest BCUT2D eigenvalue weighted by atomic mass is 9.95. The van der Waals surface area contributed by atoms with Gasteiger partial charge in [0.15, 0.2) is 0 Å². The number of carbonyl (C=O) groups excluding carboxylic acids is 1. The molecule has 0 aromatic carbocycles. The van der Waals surface area contributed by atoms with Crippen LogP contribution >= 0.6 is 0 Å². The fourth-order valence-electron chi connectivity index (χ4n) is 2.92. The summed E-state index contributed by atoms with van der Waals surface area (Å²) in [5.74, 6) is 0.127. The second-order valence-corrected chi connectivity index (χ2v) is 5.91. The van der Waals surface area contributed by atoms with Crippen molar-refractivity contribution in [3.05, 3.63) is 0 Å². The highest BCUT2D eigenvalue weighted by molar-refractivity contribution is 5.76. The van der Waals surface area contributed by atoms with Gasteiger partial charge in [0.05, 0.1) is 0 Å². The third kappa shape index (κ3) is 6.93. The van der Waals surface area contributed by atoms with Gasteiger partial charge in [0, 0.05) is 32.5 Å². The van der Waals surface area contributed by atoms with Crippen LogP contribution in [-0.2, 0) is 9.59 Å². The zero-order chi connectivity index (χ0) is 15.7. The topological polar surface area (TPSA) is 60.9 Å². The summed E-state index contributed by atoms with van der Waals surface area (Å²) < 4.78 is 0. The molecule has 0 aromatic heterocycles. The molecule has 0 saturated carbocycles. The lowest BCUT2D eigenvalue weighted by molar-refractivity contribution is -0.137. The van der Waals surface area contributed by atoms with Crippen LogP contribution in [0.25, 0.3) is 0 Å². The van der Waals surface area contributed by atoms with Crippen molar-refractivity contribution in [1.29, 1.82) is 0 Å². The Kier molecular flexibility index (Phi) is 8.35. The maximum Gasteiger partial charge on any atom is 0.303 e. The second-order valence-electron chi connectivity index (χ2n) is 5.91. The van der Waals surface area contributed by atoms with Gasteiger partial charge in [0.2, 0.25) is 5.91 Å². The number of carboxylic acids is 1. The first-order valence-corrected chi connectivity index (χ1v) is 8.28. The van der Waals surface area contributed by atoms with E-state index in [-0.39, 0.29) is 12.3 Å². The second kappa shape index (κ2) is 9.77. The van der Waals surface area contributed by atoms with Crippen molar-refractivity contribution in [1.82, 2.24) is 9.80 Å². The molecule has 0 spiro atoms. The van der Waals surface area contributed by atoms with E-state index in [1.54, 1.807) is 0 Å². The molecule has 5 heteroatoms. The number of piperidine rings is 1. The number of unbranched alkanes of at least 4 members (excludes halogenated alkanes) is 1. The molecule has 0 unspecified atom stereocenters. The molecule has 1 saturated heterocycles. The first-order chi connectivity index (χ1) is 10.1. The Hall–Kier alpha value is -1.10. The molecule has 1 rings (SSSR count). The monoisotopic (exact) mass is 298 g/mol. The molecule has 5 nitrogen and oxygen atoms in total. The number of likely N-dealkylation sites (tertiary alicyclic amines) is 1. The van der Waals surface area contributed by atoms with Crippen LogP contribution < -0.4 is 0 Å². The summed E-state index contributed by atoms with van der Waals surface area (Å²) in [7, 11) is 0. The number of carbonyl (C=O) groups is 2. The summed E-state index contributed by atoms with van der Waals surface area (Å²) >= 11 is 0. The van der Waals surface area contributed by atoms with Gasteiger partial charge >= 0.3 is 5.97 Å². The zero-order valence-electron chi connectivity index (χ0n) is 13.5. The van der Waals surface area contributed by atoms with Gasteiger partial charge in [-0.15, -0.1) is 0 Å². The third-order valence-corrected chi connectivity index (χ3v) is 4.41. The van der Waals surface area contributed by atoms with E-state index in [2.05, 4.69) is 18.7 Å². The molecule has 1 fully saturated rings. The van der Waals surface area contributed by atoms with E-state index < -0.39 is 5.97 Å². The summed E-state index contributed by atoms with van der Waals surface area (Å²) in [6, 6.07) is 0. The van der Waals surface area contributed by atoms with Crippen LogP contribution in [0.4, 0.5) is 0 Å². The highest BCUT2D eigenvalue weighted by atomic mass is 16.4. The van der Waals surface area contributed by atoms with E-state index in [1.165, 1.54) is 0 Å². The van der Waals surface area contributed by atoms with Gasteiger partial charge in [0.25, 0.3) is 0 Å². The Morgan fingerprint density at radius 3 is 2.19 bits per heavy atom. The summed E-state index contributed by atoms with van der Waals surface area (Å²) in [5.41, 5.74) is 0. The SMILES string of the molecule is CCN(CC)CC1CCN(C(=O)CCCCC(=O)O)CC1. The molecule has 1 heterocycles. The minimum Gasteiger partial charge on any atom is -0.481 e. The van der Waals surface area contributed by atoms with Gasteiger partial charge in [-0.05, 0) is 44.7 Å². The zero-order valence-corrected chi connectivity index (χ0v) is 13.5. The molecule has 0 aliphatic carbocycles. The van der Waals surface area contributed by atoms with E-state index >= 15 is 0 Å². The maximum absolute atomic E-state index is 12.1. The van der Waals surface area contributed by atoms with Gasteiger partial charge in [0.1, 0.15) is 0 Å². The number of amides is 1. The van der Waals surface area contributed by atoms with Crippen molar-refractivity contribution in [2.45, 2.75) is 52.4 Å². The quantitative estimate of drug-likeness (QED) is 0.663. The van der Waals surface area contributed by atoms with Gasteiger partial charge in [-0.25, -0.2) is 0 Å². The molecule has 0 radical (unpaired) electrons. The van der Waals surface area contributed by atoms with Crippen LogP contribution in [0, 0.1) is 5.92 Å². The molecule has 0 bridgehead atoms. The first-order valence-electron chi connectivity index (χ1n) is 8.28. The van der Waals surface area contributed by atoms with Crippen LogP contribution in [0.5, 0.6) is 0 Å². The lowest BCUT2D eigenvalue weighted by Gasteiger charge is -2.34. The van der Waals surface area contributed by atoms with Crippen LogP contribution in [0.1, 0.15) is 52.4 Å². The van der Waals surface area contributed by atoms with Crippen molar-refractivity contribution in [3.8, 4) is 0 Å². The van der Waals surface area contributed by atoms with Gasteiger partial charge in [-0.2, -0.15) is 0 Å². The van der Waals surface area contributed by atoms with Crippen molar-refractivity contribution >= 4 is 11.9 Å². The van der Waals surface area contributed by atoms with Crippen molar-refractivity contribution in [2.75, 3.05) is 32.7 Å². The molecular formula is C16H30N2O3. The normalized spacial score (nSPS) is 16.4. The molecule has 21 heavy (non-hydrogen) atoms. The minimum absolute atomic E-state index is 0.166. The summed E-state index contributed by atoms with van der Waals surface area (Å²) in [6.45, 7) is 9.46. The Bertz CT molecular complexity index is 321. The van der Waals surface area contributed by atoms with E-state index in [9.17, 15) is 9.59 Å². The summed E-state index contributed by atoms with van der Waals surface area (Å²) in [4.78, 5) is 26.9. The molecule has 0 aromatic rings. The Morgan fingerprint density at radius 1 is 1.10 bits per heavy atom. The predicted molar refractivity (Wildman–Crippen MR) is 83.2 cm³/mol. The summed E-state index contributed by atoms with van der Waals surface area (Å²) in [6.07, 6.45) is 4.13. The van der Waals surface area contributed by atoms with Crippen molar-refractivity contribution in [3.63, 3.8) is 0 Å². The maximum atomic E-state index is 12.1. The highest BCUT2D eigenvalue weighted by Crippen LogP contribution is 2.19. The molecule has 1 amide bonds. The fraction of sp³-hybridized carbons (Fsp3) is 0.875. The largest absolute Gasteiger partial charge is 0.481 e.